The second-order valence-electron chi connectivity index (χ2n) is 2.79. The Kier molecular flexibility index (Phi) is 19.6. The Bertz CT molecular complexity index is 216. The van der Waals surface area contributed by atoms with Gasteiger partial charge in [0.2, 0.25) is 0 Å². The van der Waals surface area contributed by atoms with Crippen LogP contribution in [0.3, 0.4) is 0 Å². The van der Waals surface area contributed by atoms with Crippen molar-refractivity contribution in [3.05, 3.63) is 11.1 Å². The van der Waals surface area contributed by atoms with E-state index in [1.165, 1.54) is 0 Å². The lowest BCUT2D eigenvalue weighted by atomic mass is 10.3. The summed E-state index contributed by atoms with van der Waals surface area (Å²) in [6, 6.07) is 0. The lowest BCUT2D eigenvalue weighted by molar-refractivity contribution is 0.366. The second-order valence-corrected chi connectivity index (χ2v) is 4.29. The fourth-order valence-electron chi connectivity index (χ4n) is 0.259. The zero-order valence-corrected chi connectivity index (χ0v) is 12.7. The summed E-state index contributed by atoms with van der Waals surface area (Å²) in [4.78, 5) is 0. The van der Waals surface area contributed by atoms with Gasteiger partial charge in [-0.15, -0.1) is 11.6 Å². The average molecular weight is 444 g/mol. The molecular weight excluding hydrogens is 436 g/mol. The van der Waals surface area contributed by atoms with Crippen LogP contribution in [0, 0.1) is 0 Å². The van der Waals surface area contributed by atoms with Crippen molar-refractivity contribution < 1.29 is 51.8 Å². The molecule has 0 rings (SSSR count). The summed E-state index contributed by atoms with van der Waals surface area (Å²) in [5.41, 5.74) is 0. The van der Waals surface area contributed by atoms with Gasteiger partial charge in [-0.05, 0) is 17.3 Å². The normalized spacial score (nSPS) is 11.0. The van der Waals surface area contributed by atoms with Gasteiger partial charge in [0.05, 0.1) is 0 Å². The Morgan fingerprint density at radius 1 is 0.727 bits per heavy atom. The maximum absolute atomic E-state index is 9.75. The molecule has 0 heterocycles. The largest absolute Gasteiger partial charge is 0.673 e. The van der Waals surface area contributed by atoms with Crippen LogP contribution in [0.4, 0.5) is 51.8 Å². The summed E-state index contributed by atoms with van der Waals surface area (Å²) in [5, 5.41) is 0. The fraction of sp³-hybridized carbons (Fsp3) is 0.600. The summed E-state index contributed by atoms with van der Waals surface area (Å²) >= 11 is 8.61. The number of halogens is 14. The summed E-state index contributed by atoms with van der Waals surface area (Å²) in [7, 11) is -18.0. The van der Waals surface area contributed by atoms with Crippen molar-refractivity contribution in [3.8, 4) is 0 Å². The van der Waals surface area contributed by atoms with Crippen molar-refractivity contribution in [1.82, 2.24) is 0 Å². The molecule has 0 amide bonds. The molecule has 0 spiro atoms. The number of hydrogen-bond donors (Lipinski definition) is 0. The van der Waals surface area contributed by atoms with Crippen LogP contribution < -0.4 is 0 Å². The van der Waals surface area contributed by atoms with Crippen LogP contribution in [0.1, 0.15) is 12.8 Å². The predicted octanol–water partition coefficient (Wildman–Crippen LogP) is 6.81. The first-order chi connectivity index (χ1) is 9.27. The Labute approximate surface area is 131 Å². The lowest BCUT2D eigenvalue weighted by Gasteiger charge is -1.94. The molecule has 0 nitrogen and oxygen atoms in total. The molecule has 0 bridgehead atoms. The van der Waals surface area contributed by atoms with Gasteiger partial charge in [-0.2, -0.15) is 0 Å². The smallest absolute Gasteiger partial charge is 0.418 e. The molecule has 0 atom stereocenters. The van der Waals surface area contributed by atoms with Gasteiger partial charge < -0.3 is 51.8 Å². The fourth-order valence-corrected chi connectivity index (χ4v) is 0.673. The van der Waals surface area contributed by atoms with Crippen molar-refractivity contribution in [2.75, 3.05) is 5.88 Å². The minimum atomic E-state index is -6.00. The van der Waals surface area contributed by atoms with Crippen LogP contribution in [0.25, 0.3) is 0 Å². The van der Waals surface area contributed by atoms with Gasteiger partial charge in [0.15, 0.2) is 0 Å². The van der Waals surface area contributed by atoms with Crippen LogP contribution in [0.2, 0.25) is 0 Å². The molecule has 0 aliphatic heterocycles. The topological polar surface area (TPSA) is 0 Å². The monoisotopic (exact) mass is 443 g/mol. The van der Waals surface area contributed by atoms with Crippen LogP contribution >= 0.6 is 27.5 Å². The summed E-state index contributed by atoms with van der Waals surface area (Å²) in [6.07, 6.45) is 2.01. The van der Waals surface area contributed by atoms with Gasteiger partial charge in [-0.3, -0.25) is 0 Å². The third kappa shape index (κ3) is 473. The zero-order valence-electron chi connectivity index (χ0n) is 10.4. The first-order valence-corrected chi connectivity index (χ1v) is 6.11. The maximum atomic E-state index is 9.75. The Morgan fingerprint density at radius 2 is 0.909 bits per heavy atom. The van der Waals surface area contributed by atoms with Gasteiger partial charge in [-0.1, -0.05) is 22.5 Å². The van der Waals surface area contributed by atoms with Gasteiger partial charge >= 0.3 is 21.8 Å². The molecule has 138 valence electrons. The SMILES string of the molecule is C=C(Br)CCCCl.F[B-](F)(F)F.F[B-](F)(F)F.F[B-](F)(F)F. The van der Waals surface area contributed by atoms with E-state index in [9.17, 15) is 51.8 Å². The molecular formula is C5H8B3BrClF12-3. The molecule has 17 heteroatoms. The van der Waals surface area contributed by atoms with Gasteiger partial charge in [-0.25, -0.2) is 0 Å². The van der Waals surface area contributed by atoms with E-state index in [1.807, 2.05) is 0 Å². The highest BCUT2D eigenvalue weighted by Crippen LogP contribution is 2.09. The van der Waals surface area contributed by atoms with Crippen molar-refractivity contribution in [2.24, 2.45) is 0 Å². The molecule has 0 aromatic carbocycles. The van der Waals surface area contributed by atoms with E-state index >= 15 is 0 Å². The highest BCUT2D eigenvalue weighted by atomic mass is 79.9. The first kappa shape index (κ1) is 29.8. The third-order valence-electron chi connectivity index (χ3n) is 0.582. The highest BCUT2D eigenvalue weighted by Gasteiger charge is 2.21. The van der Waals surface area contributed by atoms with E-state index in [4.69, 9.17) is 11.6 Å². The number of alkyl halides is 1. The van der Waals surface area contributed by atoms with Crippen molar-refractivity contribution in [1.29, 1.82) is 0 Å². The number of allylic oxidation sites excluding steroid dienone is 1. The lowest BCUT2D eigenvalue weighted by Crippen LogP contribution is -2.02. The maximum Gasteiger partial charge on any atom is 0.673 e. The van der Waals surface area contributed by atoms with E-state index in [2.05, 4.69) is 22.5 Å². The van der Waals surface area contributed by atoms with Crippen molar-refractivity contribution >= 4 is 49.3 Å². The molecule has 0 aliphatic carbocycles. The molecule has 0 saturated carbocycles. The molecule has 0 radical (unpaired) electrons. The van der Waals surface area contributed by atoms with Crippen LogP contribution in [-0.4, -0.2) is 27.6 Å². The van der Waals surface area contributed by atoms with E-state index in [-0.39, 0.29) is 0 Å². The van der Waals surface area contributed by atoms with Gasteiger partial charge in [0.25, 0.3) is 0 Å². The summed E-state index contributed by atoms with van der Waals surface area (Å²) in [6.45, 7) is 3.65. The molecule has 0 aromatic heterocycles. The number of rotatable bonds is 3. The van der Waals surface area contributed by atoms with E-state index in [0.717, 1.165) is 23.2 Å². The minimum absolute atomic E-state index is 0.727. The molecule has 0 aliphatic rings. The highest BCUT2D eigenvalue weighted by molar-refractivity contribution is 9.11. The molecule has 22 heavy (non-hydrogen) atoms. The van der Waals surface area contributed by atoms with Gasteiger partial charge in [0.1, 0.15) is 0 Å². The van der Waals surface area contributed by atoms with Crippen LogP contribution in [0.5, 0.6) is 0 Å². The Balaban J connectivity index is -0.0000000995. The van der Waals surface area contributed by atoms with E-state index in [0.29, 0.717) is 0 Å². The second kappa shape index (κ2) is 14.5. The van der Waals surface area contributed by atoms with Crippen molar-refractivity contribution in [2.45, 2.75) is 12.8 Å². The zero-order chi connectivity index (χ0) is 19.2. The first-order valence-electron chi connectivity index (χ1n) is 4.78. The van der Waals surface area contributed by atoms with E-state index in [1.54, 1.807) is 0 Å². The molecule has 0 N–H and O–H groups in total. The summed E-state index contributed by atoms with van der Waals surface area (Å²) in [5.74, 6) is 0.727. The van der Waals surface area contributed by atoms with Crippen LogP contribution in [-0.2, 0) is 0 Å². The quantitative estimate of drug-likeness (QED) is 0.255. The molecule has 0 aromatic rings. The van der Waals surface area contributed by atoms with Crippen molar-refractivity contribution in [3.63, 3.8) is 0 Å². The van der Waals surface area contributed by atoms with E-state index < -0.39 is 21.8 Å². The molecule has 0 saturated heterocycles. The number of hydrogen-bond acceptors (Lipinski definition) is 0. The minimum Gasteiger partial charge on any atom is -0.418 e. The summed E-state index contributed by atoms with van der Waals surface area (Å²) < 4.78 is 118. The Hall–Kier alpha value is -0.135. The predicted molar refractivity (Wildman–Crippen MR) is 68.6 cm³/mol. The standard InChI is InChI=1S/C5H8BrCl.3BF4/c1-5(6)3-2-4-7;3*2-1(3,4)5/h1-4H2;;;/q;3*-1. The average Bonchev–Trinajstić information content (AvgIpc) is 2.05. The van der Waals surface area contributed by atoms with Crippen LogP contribution in [0.15, 0.2) is 11.1 Å². The molecule has 0 unspecified atom stereocenters. The molecule has 0 fully saturated rings. The van der Waals surface area contributed by atoms with Gasteiger partial charge in [0, 0.05) is 5.88 Å². The third-order valence-corrected chi connectivity index (χ3v) is 1.25. The Morgan fingerprint density at radius 3 is 0.955 bits per heavy atom.